The van der Waals surface area contributed by atoms with Crippen molar-refractivity contribution in [3.63, 3.8) is 0 Å². The van der Waals surface area contributed by atoms with Gasteiger partial charge in [0.25, 0.3) is 0 Å². The molecule has 0 saturated carbocycles. The molecule has 74 valence electrons. The molecule has 1 fully saturated rings. The molecule has 2 rings (SSSR count). The standard InChI is InChI=1S/C10H11FN2O/c1-7(14)13-5-3-9(13)8-2-4-12-10(11)6-8/h2,4,6,9H,3,5H2,1H3. The summed E-state index contributed by atoms with van der Waals surface area (Å²) in [5, 5.41) is 0. The summed E-state index contributed by atoms with van der Waals surface area (Å²) in [5.74, 6) is -0.448. The van der Waals surface area contributed by atoms with Gasteiger partial charge in [-0.25, -0.2) is 4.98 Å². The number of halogens is 1. The van der Waals surface area contributed by atoms with E-state index in [1.165, 1.54) is 19.2 Å². The molecule has 3 nitrogen and oxygen atoms in total. The number of aromatic nitrogens is 1. The molecule has 1 aromatic rings. The average Bonchev–Trinajstić information content (AvgIpc) is 2.00. The Morgan fingerprint density at radius 2 is 2.50 bits per heavy atom. The van der Waals surface area contributed by atoms with Crippen LogP contribution in [0.5, 0.6) is 0 Å². The fraction of sp³-hybridized carbons (Fsp3) is 0.400. The molecule has 1 saturated heterocycles. The van der Waals surface area contributed by atoms with Gasteiger partial charge in [0.1, 0.15) is 0 Å². The summed E-state index contributed by atoms with van der Waals surface area (Å²) >= 11 is 0. The minimum Gasteiger partial charge on any atom is -0.336 e. The molecule has 1 aromatic heterocycles. The second kappa shape index (κ2) is 3.36. The van der Waals surface area contributed by atoms with Gasteiger partial charge >= 0.3 is 0 Å². The second-order valence-corrected chi connectivity index (χ2v) is 3.43. The molecule has 0 aromatic carbocycles. The fourth-order valence-electron chi connectivity index (χ4n) is 1.74. The lowest BCUT2D eigenvalue weighted by molar-refractivity contribution is -0.136. The van der Waals surface area contributed by atoms with Crippen molar-refractivity contribution >= 4 is 5.91 Å². The van der Waals surface area contributed by atoms with Crippen molar-refractivity contribution in [3.05, 3.63) is 29.8 Å². The molecule has 14 heavy (non-hydrogen) atoms. The quantitative estimate of drug-likeness (QED) is 0.635. The first-order valence-electron chi connectivity index (χ1n) is 4.57. The summed E-state index contributed by atoms with van der Waals surface area (Å²) in [6, 6.07) is 3.19. The van der Waals surface area contributed by atoms with Gasteiger partial charge in [0, 0.05) is 19.7 Å². The molecule has 0 N–H and O–H groups in total. The van der Waals surface area contributed by atoms with Crippen LogP contribution in [0.1, 0.15) is 24.9 Å². The van der Waals surface area contributed by atoms with Gasteiger partial charge in [-0.3, -0.25) is 4.79 Å². The normalized spacial score (nSPS) is 20.4. The minimum atomic E-state index is -0.488. The van der Waals surface area contributed by atoms with Crippen molar-refractivity contribution in [1.82, 2.24) is 9.88 Å². The number of hydrogen-bond donors (Lipinski definition) is 0. The Morgan fingerprint density at radius 3 is 3.00 bits per heavy atom. The van der Waals surface area contributed by atoms with Crippen LogP contribution in [0.4, 0.5) is 4.39 Å². The number of carbonyl (C=O) groups excluding carboxylic acids is 1. The van der Waals surface area contributed by atoms with E-state index >= 15 is 0 Å². The summed E-state index contributed by atoms with van der Waals surface area (Å²) in [6.07, 6.45) is 2.34. The number of amides is 1. The zero-order chi connectivity index (χ0) is 10.1. The van der Waals surface area contributed by atoms with Crippen LogP contribution in [0.2, 0.25) is 0 Å². The van der Waals surface area contributed by atoms with Crippen molar-refractivity contribution in [2.24, 2.45) is 0 Å². The van der Waals surface area contributed by atoms with E-state index in [1.54, 1.807) is 11.0 Å². The van der Waals surface area contributed by atoms with Gasteiger partial charge < -0.3 is 4.90 Å². The number of nitrogens with zero attached hydrogens (tertiary/aromatic N) is 2. The molecule has 1 aliphatic heterocycles. The number of likely N-dealkylation sites (tertiary alicyclic amines) is 1. The molecule has 4 heteroatoms. The van der Waals surface area contributed by atoms with Gasteiger partial charge in [-0.1, -0.05) is 0 Å². The Kier molecular flexibility index (Phi) is 2.19. The van der Waals surface area contributed by atoms with Crippen molar-refractivity contribution in [1.29, 1.82) is 0 Å². The van der Waals surface area contributed by atoms with E-state index in [9.17, 15) is 9.18 Å². The molecule has 1 amide bonds. The molecule has 0 spiro atoms. The van der Waals surface area contributed by atoms with Crippen molar-refractivity contribution < 1.29 is 9.18 Å². The molecule has 2 heterocycles. The van der Waals surface area contributed by atoms with Gasteiger partial charge in [-0.2, -0.15) is 4.39 Å². The van der Waals surface area contributed by atoms with Crippen LogP contribution in [-0.4, -0.2) is 22.3 Å². The van der Waals surface area contributed by atoms with E-state index in [1.807, 2.05) is 0 Å². The number of pyridine rings is 1. The molecule has 0 radical (unpaired) electrons. The van der Waals surface area contributed by atoms with Crippen LogP contribution in [0.25, 0.3) is 0 Å². The molecule has 0 aliphatic carbocycles. The summed E-state index contributed by atoms with van der Waals surface area (Å²) < 4.78 is 12.8. The van der Waals surface area contributed by atoms with E-state index in [4.69, 9.17) is 0 Å². The van der Waals surface area contributed by atoms with Gasteiger partial charge in [0.2, 0.25) is 11.9 Å². The first kappa shape index (κ1) is 9.12. The third-order valence-corrected chi connectivity index (χ3v) is 2.56. The van der Waals surface area contributed by atoms with Crippen LogP contribution in [0.3, 0.4) is 0 Å². The van der Waals surface area contributed by atoms with E-state index in [0.29, 0.717) is 0 Å². The smallest absolute Gasteiger partial charge is 0.219 e. The second-order valence-electron chi connectivity index (χ2n) is 3.43. The lowest BCUT2D eigenvalue weighted by Crippen LogP contribution is -2.43. The Bertz CT molecular complexity index is 367. The zero-order valence-electron chi connectivity index (χ0n) is 7.90. The Hall–Kier alpha value is -1.45. The summed E-state index contributed by atoms with van der Waals surface area (Å²) in [4.78, 5) is 16.3. The lowest BCUT2D eigenvalue weighted by Gasteiger charge is -2.40. The predicted octanol–water partition coefficient (Wildman–Crippen LogP) is 1.51. The third-order valence-electron chi connectivity index (χ3n) is 2.56. The van der Waals surface area contributed by atoms with E-state index in [-0.39, 0.29) is 11.9 Å². The molecular formula is C10H11FN2O. The number of carbonyl (C=O) groups is 1. The summed E-state index contributed by atoms with van der Waals surface area (Å²) in [5.41, 5.74) is 0.832. The van der Waals surface area contributed by atoms with Crippen molar-refractivity contribution in [2.75, 3.05) is 6.54 Å². The first-order chi connectivity index (χ1) is 6.68. The maximum atomic E-state index is 12.8. The van der Waals surface area contributed by atoms with Gasteiger partial charge in [-0.05, 0) is 24.1 Å². The lowest BCUT2D eigenvalue weighted by atomic mass is 9.95. The SMILES string of the molecule is CC(=O)N1CCC1c1ccnc(F)c1. The average molecular weight is 194 g/mol. The number of hydrogen-bond acceptors (Lipinski definition) is 2. The van der Waals surface area contributed by atoms with Gasteiger partial charge in [0.15, 0.2) is 0 Å². The van der Waals surface area contributed by atoms with E-state index in [0.717, 1.165) is 18.5 Å². The zero-order valence-corrected chi connectivity index (χ0v) is 7.90. The highest BCUT2D eigenvalue weighted by molar-refractivity contribution is 5.74. The predicted molar refractivity (Wildman–Crippen MR) is 48.9 cm³/mol. The largest absolute Gasteiger partial charge is 0.336 e. The van der Waals surface area contributed by atoms with E-state index in [2.05, 4.69) is 4.98 Å². The highest BCUT2D eigenvalue weighted by Crippen LogP contribution is 2.32. The minimum absolute atomic E-state index is 0.0403. The summed E-state index contributed by atoms with van der Waals surface area (Å²) in [7, 11) is 0. The van der Waals surface area contributed by atoms with Crippen LogP contribution in [0, 0.1) is 5.95 Å². The van der Waals surface area contributed by atoms with Gasteiger partial charge in [0.05, 0.1) is 6.04 Å². The summed E-state index contributed by atoms with van der Waals surface area (Å²) in [6.45, 7) is 2.30. The molecular weight excluding hydrogens is 183 g/mol. The maximum absolute atomic E-state index is 12.8. The topological polar surface area (TPSA) is 33.2 Å². The van der Waals surface area contributed by atoms with Crippen LogP contribution in [-0.2, 0) is 4.79 Å². The van der Waals surface area contributed by atoms with Crippen molar-refractivity contribution in [2.45, 2.75) is 19.4 Å². The van der Waals surface area contributed by atoms with Crippen LogP contribution >= 0.6 is 0 Å². The fourth-order valence-corrected chi connectivity index (χ4v) is 1.74. The maximum Gasteiger partial charge on any atom is 0.219 e. The Morgan fingerprint density at radius 1 is 1.71 bits per heavy atom. The highest BCUT2D eigenvalue weighted by Gasteiger charge is 2.31. The Balaban J connectivity index is 2.20. The Labute approximate surface area is 81.6 Å². The molecule has 1 unspecified atom stereocenters. The number of rotatable bonds is 1. The third kappa shape index (κ3) is 1.47. The monoisotopic (exact) mass is 194 g/mol. The molecule has 1 atom stereocenters. The first-order valence-corrected chi connectivity index (χ1v) is 4.57. The molecule has 0 bridgehead atoms. The van der Waals surface area contributed by atoms with Crippen LogP contribution in [0.15, 0.2) is 18.3 Å². The highest BCUT2D eigenvalue weighted by atomic mass is 19.1. The van der Waals surface area contributed by atoms with Gasteiger partial charge in [-0.15, -0.1) is 0 Å². The van der Waals surface area contributed by atoms with Crippen molar-refractivity contribution in [3.8, 4) is 0 Å². The van der Waals surface area contributed by atoms with Crippen LogP contribution < -0.4 is 0 Å². The van der Waals surface area contributed by atoms with E-state index < -0.39 is 5.95 Å². The molecule has 1 aliphatic rings.